The summed E-state index contributed by atoms with van der Waals surface area (Å²) in [5.74, 6) is 0.564. The van der Waals surface area contributed by atoms with Gasteiger partial charge in [-0.15, -0.1) is 0 Å². The van der Waals surface area contributed by atoms with Gasteiger partial charge in [0.25, 0.3) is 0 Å². The van der Waals surface area contributed by atoms with Crippen LogP contribution in [-0.4, -0.2) is 32.3 Å². The topological polar surface area (TPSA) is 47.6 Å². The van der Waals surface area contributed by atoms with Crippen molar-refractivity contribution in [2.75, 3.05) is 20.3 Å². The molecule has 1 aliphatic rings. The molecule has 7 heteroatoms. The molecule has 0 aromatic heterocycles. The molecule has 1 amide bonds. The number of methoxy groups -OCH3 is 1. The molecule has 0 spiro atoms. The molecule has 2 rings (SSSR count). The van der Waals surface area contributed by atoms with Crippen LogP contribution < -0.4 is 14.8 Å². The second kappa shape index (κ2) is 6.89. The Labute approximate surface area is 126 Å². The fraction of sp³-hybridized carbons (Fsp3) is 0.533. The largest absolute Gasteiger partial charge is 0.493 e. The highest BCUT2D eigenvalue weighted by molar-refractivity contribution is 5.79. The molecule has 1 atom stereocenters. The van der Waals surface area contributed by atoms with E-state index < -0.39 is 18.5 Å². The van der Waals surface area contributed by atoms with Gasteiger partial charge in [-0.2, -0.15) is 13.2 Å². The lowest BCUT2D eigenvalue weighted by Gasteiger charge is -2.25. The molecule has 0 unspecified atom stereocenters. The summed E-state index contributed by atoms with van der Waals surface area (Å²) in [6.45, 7) is 0.207. The number of fused-ring (bicyclic) bond motifs is 1. The lowest BCUT2D eigenvalue weighted by molar-refractivity contribution is -0.136. The molecule has 0 saturated carbocycles. The highest BCUT2D eigenvalue weighted by Crippen LogP contribution is 2.36. The van der Waals surface area contributed by atoms with Crippen LogP contribution in [0.2, 0.25) is 0 Å². The van der Waals surface area contributed by atoms with Crippen LogP contribution in [0.5, 0.6) is 11.5 Å². The third-order valence-electron chi connectivity index (χ3n) is 3.48. The first-order chi connectivity index (χ1) is 10.4. The second-order valence-electron chi connectivity index (χ2n) is 5.17. The zero-order valence-corrected chi connectivity index (χ0v) is 12.2. The van der Waals surface area contributed by atoms with Crippen LogP contribution in [0.25, 0.3) is 0 Å². The van der Waals surface area contributed by atoms with Gasteiger partial charge in [0.15, 0.2) is 11.5 Å². The molecule has 1 heterocycles. The molecule has 0 bridgehead atoms. The fourth-order valence-corrected chi connectivity index (χ4v) is 2.37. The van der Waals surface area contributed by atoms with E-state index >= 15 is 0 Å². The van der Waals surface area contributed by atoms with Crippen LogP contribution in [0.4, 0.5) is 13.2 Å². The maximum absolute atomic E-state index is 12.0. The number of benzene rings is 1. The summed E-state index contributed by atoms with van der Waals surface area (Å²) >= 11 is 0. The van der Waals surface area contributed by atoms with Gasteiger partial charge in [-0.1, -0.05) is 12.1 Å². The number of hydrogen-bond donors (Lipinski definition) is 1. The van der Waals surface area contributed by atoms with Crippen LogP contribution >= 0.6 is 0 Å². The highest BCUT2D eigenvalue weighted by atomic mass is 19.4. The third kappa shape index (κ3) is 4.29. The van der Waals surface area contributed by atoms with Gasteiger partial charge < -0.3 is 14.8 Å². The molecular formula is C15H18F3NO3. The summed E-state index contributed by atoms with van der Waals surface area (Å²) in [5.41, 5.74) is 0.862. The van der Waals surface area contributed by atoms with E-state index in [1.807, 2.05) is 12.1 Å². The minimum atomic E-state index is -4.19. The zero-order chi connectivity index (χ0) is 16.2. The second-order valence-corrected chi connectivity index (χ2v) is 5.17. The van der Waals surface area contributed by atoms with Gasteiger partial charge in [0.2, 0.25) is 5.91 Å². The summed E-state index contributed by atoms with van der Waals surface area (Å²) in [4.78, 5) is 12.0. The SMILES string of the molecule is COc1cccc2c1OC[C@@H](C(=O)NCCCC(F)(F)F)C2. The van der Waals surface area contributed by atoms with E-state index in [1.165, 1.54) is 0 Å². The summed E-state index contributed by atoms with van der Waals surface area (Å²) in [5, 5.41) is 2.53. The van der Waals surface area contributed by atoms with Gasteiger partial charge in [0, 0.05) is 13.0 Å². The monoisotopic (exact) mass is 317 g/mol. The number of carbonyl (C=O) groups is 1. The number of rotatable bonds is 5. The first-order valence-electron chi connectivity index (χ1n) is 7.04. The Hall–Kier alpha value is -1.92. The Morgan fingerprint density at radius 2 is 2.23 bits per heavy atom. The van der Waals surface area contributed by atoms with E-state index in [1.54, 1.807) is 13.2 Å². The molecule has 0 fully saturated rings. The highest BCUT2D eigenvalue weighted by Gasteiger charge is 2.29. The van der Waals surface area contributed by atoms with Crippen molar-refractivity contribution in [1.82, 2.24) is 5.32 Å². The van der Waals surface area contributed by atoms with E-state index in [-0.39, 0.29) is 25.5 Å². The predicted octanol–water partition coefficient (Wildman–Crippen LogP) is 2.71. The van der Waals surface area contributed by atoms with Crippen LogP contribution in [0, 0.1) is 5.92 Å². The van der Waals surface area contributed by atoms with Crippen LogP contribution in [0.1, 0.15) is 18.4 Å². The van der Waals surface area contributed by atoms with Gasteiger partial charge in [0.05, 0.1) is 13.0 Å². The summed E-state index contributed by atoms with van der Waals surface area (Å²) in [6, 6.07) is 5.43. The molecule has 0 saturated heterocycles. The van der Waals surface area contributed by atoms with Crippen molar-refractivity contribution in [2.24, 2.45) is 5.92 Å². The Balaban J connectivity index is 1.85. The lowest BCUT2D eigenvalue weighted by Crippen LogP contribution is -2.38. The van der Waals surface area contributed by atoms with Gasteiger partial charge in [-0.05, 0) is 24.5 Å². The van der Waals surface area contributed by atoms with E-state index in [2.05, 4.69) is 5.32 Å². The normalized spacial score (nSPS) is 17.4. The maximum Gasteiger partial charge on any atom is 0.389 e. The smallest absolute Gasteiger partial charge is 0.389 e. The van der Waals surface area contributed by atoms with Crippen molar-refractivity contribution in [3.63, 3.8) is 0 Å². The van der Waals surface area contributed by atoms with E-state index in [4.69, 9.17) is 9.47 Å². The molecule has 122 valence electrons. The molecular weight excluding hydrogens is 299 g/mol. The van der Waals surface area contributed by atoms with E-state index in [0.29, 0.717) is 17.9 Å². The number of nitrogens with one attached hydrogen (secondary N) is 1. The quantitative estimate of drug-likeness (QED) is 0.850. The summed E-state index contributed by atoms with van der Waals surface area (Å²) in [6.07, 6.45) is -4.71. The average Bonchev–Trinajstić information content (AvgIpc) is 2.49. The van der Waals surface area contributed by atoms with Crippen molar-refractivity contribution in [3.8, 4) is 11.5 Å². The number of carbonyl (C=O) groups excluding carboxylic acids is 1. The molecule has 1 N–H and O–H groups in total. The molecule has 0 aliphatic carbocycles. The first kappa shape index (κ1) is 16.5. The Morgan fingerprint density at radius 3 is 2.91 bits per heavy atom. The number of ether oxygens (including phenoxy) is 2. The Kier molecular flexibility index (Phi) is 5.15. The Morgan fingerprint density at radius 1 is 1.45 bits per heavy atom. The number of hydrogen-bond acceptors (Lipinski definition) is 3. The number of halogens is 3. The molecule has 1 aromatic rings. The van der Waals surface area contributed by atoms with Gasteiger partial charge in [-0.25, -0.2) is 0 Å². The van der Waals surface area contributed by atoms with Crippen LogP contribution in [-0.2, 0) is 11.2 Å². The molecule has 22 heavy (non-hydrogen) atoms. The maximum atomic E-state index is 12.0. The van der Waals surface area contributed by atoms with Crippen molar-refractivity contribution in [1.29, 1.82) is 0 Å². The minimum absolute atomic E-state index is 0.0137. The van der Waals surface area contributed by atoms with Gasteiger partial charge in [0.1, 0.15) is 6.61 Å². The summed E-state index contributed by atoms with van der Waals surface area (Å²) < 4.78 is 46.8. The molecule has 0 radical (unpaired) electrons. The number of alkyl halides is 3. The number of amides is 1. The van der Waals surface area contributed by atoms with Crippen molar-refractivity contribution in [3.05, 3.63) is 23.8 Å². The van der Waals surface area contributed by atoms with Gasteiger partial charge in [-0.3, -0.25) is 4.79 Å². The van der Waals surface area contributed by atoms with Crippen LogP contribution in [0.15, 0.2) is 18.2 Å². The Bertz CT molecular complexity index is 531. The third-order valence-corrected chi connectivity index (χ3v) is 3.48. The van der Waals surface area contributed by atoms with Crippen molar-refractivity contribution in [2.45, 2.75) is 25.4 Å². The standard InChI is InChI=1S/C15H18F3NO3/c1-21-12-5-2-4-10-8-11(9-22-13(10)12)14(20)19-7-3-6-15(16,17)18/h2,4-5,11H,3,6-9H2,1H3,(H,19,20)/t11-/m0/s1. The van der Waals surface area contributed by atoms with Crippen LogP contribution in [0.3, 0.4) is 0 Å². The van der Waals surface area contributed by atoms with E-state index in [0.717, 1.165) is 5.56 Å². The van der Waals surface area contributed by atoms with Crippen molar-refractivity contribution < 1.29 is 27.4 Å². The molecule has 1 aliphatic heterocycles. The number of para-hydroxylation sites is 1. The predicted molar refractivity (Wildman–Crippen MR) is 74.0 cm³/mol. The zero-order valence-electron chi connectivity index (χ0n) is 12.2. The molecule has 4 nitrogen and oxygen atoms in total. The molecule has 1 aromatic carbocycles. The minimum Gasteiger partial charge on any atom is -0.493 e. The first-order valence-corrected chi connectivity index (χ1v) is 7.04. The van der Waals surface area contributed by atoms with Crippen molar-refractivity contribution >= 4 is 5.91 Å². The fourth-order valence-electron chi connectivity index (χ4n) is 2.37. The van der Waals surface area contributed by atoms with E-state index in [9.17, 15) is 18.0 Å². The van der Waals surface area contributed by atoms with Gasteiger partial charge >= 0.3 is 6.18 Å². The summed E-state index contributed by atoms with van der Waals surface area (Å²) in [7, 11) is 1.54. The lowest BCUT2D eigenvalue weighted by atomic mass is 9.95. The average molecular weight is 317 g/mol.